The van der Waals surface area contributed by atoms with Crippen LogP contribution in [0.1, 0.15) is 97.8 Å². The summed E-state index contributed by atoms with van der Waals surface area (Å²) < 4.78 is 0. The minimum absolute atomic E-state index is 0.100. The summed E-state index contributed by atoms with van der Waals surface area (Å²) in [5.74, 6) is -1.49. The third-order valence-electron chi connectivity index (χ3n) is 12.8. The number of carboxylic acid groups (broad SMARTS) is 2. The van der Waals surface area contributed by atoms with Gasteiger partial charge in [0.25, 0.3) is 0 Å². The molecule has 0 aromatic heterocycles. The van der Waals surface area contributed by atoms with Crippen molar-refractivity contribution < 1.29 is 44.4 Å². The largest absolute Gasteiger partial charge is 0.480 e. The summed E-state index contributed by atoms with van der Waals surface area (Å²) in [4.78, 5) is 59.9. The number of thioether (sulfide) groups is 1. The Morgan fingerprint density at radius 2 is 1.66 bits per heavy atom. The minimum Gasteiger partial charge on any atom is -0.480 e. The predicted molar refractivity (Wildman–Crippen MR) is 176 cm³/mol. The average Bonchev–Trinajstić information content (AvgIpc) is 3.38. The summed E-state index contributed by atoms with van der Waals surface area (Å²) in [7, 11) is 0. The summed E-state index contributed by atoms with van der Waals surface area (Å²) in [6.07, 6.45) is 7.87. The fourth-order valence-corrected chi connectivity index (χ4v) is 11.0. The third kappa shape index (κ3) is 8.33. The molecule has 0 aromatic carbocycles. The SMILES string of the molecule is C[C@H](CCC(=O)SC[C@H](NC(=O)CC[C@H](N)C(=O)O)C(=O)NCC(=O)O)[C@H]1CC[C@H]2[C@@H]3CC[C@@H]4C[C@H](O)CC[C@]4(C)[C@H]3C[C@H](O)[C@]12C. The zero-order chi connectivity index (χ0) is 34.7. The lowest BCUT2D eigenvalue weighted by molar-refractivity contribution is -0.174. The van der Waals surface area contributed by atoms with E-state index in [-0.39, 0.29) is 58.9 Å². The molecule has 4 aliphatic rings. The van der Waals surface area contributed by atoms with E-state index < -0.39 is 48.5 Å². The number of hydrogen-bond donors (Lipinski definition) is 7. The van der Waals surface area contributed by atoms with E-state index in [1.165, 1.54) is 0 Å². The molecule has 0 bridgehead atoms. The van der Waals surface area contributed by atoms with Crippen molar-refractivity contribution in [2.24, 2.45) is 52.1 Å². The molecule has 2 amide bonds. The molecule has 0 spiro atoms. The minimum atomic E-state index is -1.26. The summed E-state index contributed by atoms with van der Waals surface area (Å²) in [5.41, 5.74) is 5.42. The van der Waals surface area contributed by atoms with Gasteiger partial charge in [-0.05, 0) is 111 Å². The first kappa shape index (κ1) is 37.6. The fraction of sp³-hybridized carbons (Fsp3) is 0.853. The van der Waals surface area contributed by atoms with Gasteiger partial charge in [0.15, 0.2) is 5.12 Å². The van der Waals surface area contributed by atoms with Crippen LogP contribution in [0.2, 0.25) is 0 Å². The molecular weight excluding hydrogens is 626 g/mol. The van der Waals surface area contributed by atoms with E-state index in [9.17, 15) is 34.2 Å². The van der Waals surface area contributed by atoms with Gasteiger partial charge in [0.1, 0.15) is 18.6 Å². The number of rotatable bonds is 14. The van der Waals surface area contributed by atoms with E-state index in [0.717, 1.165) is 63.1 Å². The number of nitrogens with two attached hydrogens (primary N) is 1. The summed E-state index contributed by atoms with van der Waals surface area (Å²) >= 11 is 0.902. The van der Waals surface area contributed by atoms with Crippen molar-refractivity contribution in [1.29, 1.82) is 0 Å². The Morgan fingerprint density at radius 3 is 2.34 bits per heavy atom. The molecule has 0 aliphatic heterocycles. The van der Waals surface area contributed by atoms with Crippen LogP contribution in [0.25, 0.3) is 0 Å². The number of carboxylic acids is 2. The van der Waals surface area contributed by atoms with Crippen molar-refractivity contribution in [2.75, 3.05) is 12.3 Å². The van der Waals surface area contributed by atoms with Crippen molar-refractivity contribution >= 4 is 40.6 Å². The first-order chi connectivity index (χ1) is 22.1. The van der Waals surface area contributed by atoms with E-state index in [1.54, 1.807) is 0 Å². The monoisotopic (exact) mass is 681 g/mol. The Labute approximate surface area is 281 Å². The Balaban J connectivity index is 1.32. The number of fused-ring (bicyclic) bond motifs is 5. The maximum Gasteiger partial charge on any atom is 0.322 e. The van der Waals surface area contributed by atoms with Gasteiger partial charge in [0.05, 0.1) is 12.2 Å². The Hall–Kier alpha value is -2.22. The number of amides is 2. The Bertz CT molecular complexity index is 1190. The van der Waals surface area contributed by atoms with Gasteiger partial charge in [-0.2, -0.15) is 0 Å². The van der Waals surface area contributed by atoms with Crippen LogP contribution in [-0.2, 0) is 24.0 Å². The lowest BCUT2D eigenvalue weighted by Crippen LogP contribution is -2.58. The second-order valence-electron chi connectivity index (χ2n) is 15.3. The van der Waals surface area contributed by atoms with Crippen molar-refractivity contribution in [1.82, 2.24) is 10.6 Å². The molecule has 0 unspecified atom stereocenters. The third-order valence-corrected chi connectivity index (χ3v) is 13.8. The Morgan fingerprint density at radius 1 is 0.936 bits per heavy atom. The molecule has 4 rings (SSSR count). The van der Waals surface area contributed by atoms with Crippen LogP contribution in [0, 0.1) is 46.3 Å². The zero-order valence-electron chi connectivity index (χ0n) is 28.0. The predicted octanol–water partition coefficient (Wildman–Crippen LogP) is 2.53. The zero-order valence-corrected chi connectivity index (χ0v) is 28.8. The van der Waals surface area contributed by atoms with Gasteiger partial charge in [-0.25, -0.2) is 0 Å². The highest BCUT2D eigenvalue weighted by Crippen LogP contribution is 2.68. The van der Waals surface area contributed by atoms with Crippen molar-refractivity contribution in [3.63, 3.8) is 0 Å². The van der Waals surface area contributed by atoms with Crippen LogP contribution in [0.4, 0.5) is 0 Å². The van der Waals surface area contributed by atoms with Gasteiger partial charge in [-0.3, -0.25) is 24.0 Å². The lowest BCUT2D eigenvalue weighted by Gasteiger charge is -2.62. The van der Waals surface area contributed by atoms with Crippen LogP contribution in [-0.4, -0.2) is 85.9 Å². The highest BCUT2D eigenvalue weighted by molar-refractivity contribution is 8.13. The molecule has 0 heterocycles. The number of aliphatic carboxylic acids is 2. The quantitative estimate of drug-likeness (QED) is 0.141. The average molecular weight is 682 g/mol. The van der Waals surface area contributed by atoms with E-state index in [2.05, 4.69) is 31.4 Å². The van der Waals surface area contributed by atoms with Gasteiger partial charge < -0.3 is 36.8 Å². The normalized spacial score (nSPS) is 36.5. The van der Waals surface area contributed by atoms with Crippen LogP contribution >= 0.6 is 11.8 Å². The number of carbonyl (C=O) groups is 5. The van der Waals surface area contributed by atoms with Crippen LogP contribution < -0.4 is 16.4 Å². The van der Waals surface area contributed by atoms with E-state index >= 15 is 0 Å². The molecule has 12 nitrogen and oxygen atoms in total. The maximum atomic E-state index is 13.0. The second-order valence-corrected chi connectivity index (χ2v) is 16.4. The first-order valence-corrected chi connectivity index (χ1v) is 18.3. The molecule has 4 aliphatic carbocycles. The number of aliphatic hydroxyl groups excluding tert-OH is 2. The fourth-order valence-electron chi connectivity index (χ4n) is 10.1. The van der Waals surface area contributed by atoms with Gasteiger partial charge in [-0.1, -0.05) is 32.5 Å². The number of hydrogen-bond acceptors (Lipinski definition) is 9. The van der Waals surface area contributed by atoms with E-state index in [0.29, 0.717) is 30.1 Å². The van der Waals surface area contributed by atoms with Crippen LogP contribution in [0.5, 0.6) is 0 Å². The van der Waals surface area contributed by atoms with Crippen LogP contribution in [0.3, 0.4) is 0 Å². The number of carbonyl (C=O) groups excluding carboxylic acids is 3. The summed E-state index contributed by atoms with van der Waals surface area (Å²) in [6, 6.07) is -2.42. The molecule has 0 saturated heterocycles. The van der Waals surface area contributed by atoms with Gasteiger partial charge in [0, 0.05) is 18.6 Å². The van der Waals surface area contributed by atoms with Crippen molar-refractivity contribution in [2.45, 2.75) is 122 Å². The van der Waals surface area contributed by atoms with Gasteiger partial charge in [0.2, 0.25) is 11.8 Å². The van der Waals surface area contributed by atoms with Crippen molar-refractivity contribution in [3.8, 4) is 0 Å². The summed E-state index contributed by atoms with van der Waals surface area (Å²) in [5, 5.41) is 44.6. The highest BCUT2D eigenvalue weighted by atomic mass is 32.2. The second kappa shape index (κ2) is 15.6. The molecule has 13 heteroatoms. The van der Waals surface area contributed by atoms with Crippen molar-refractivity contribution in [3.05, 3.63) is 0 Å². The molecule has 47 heavy (non-hydrogen) atoms. The standard InChI is InChI=1S/C34H55N3O9S/c1-18(4-11-30(43)47-17-26(31(44)36-16-29(41)42)37-28(40)10-9-25(35)32(45)46)22-7-8-23-21-6-5-19-14-20(38)12-13-33(19,2)24(21)15-27(39)34(22,23)3/h18-27,38-39H,4-17,35H2,1-3H3,(H,36,44)(H,37,40)(H,41,42)(H,45,46)/t18-,19-,20-,21+,22-,23+,24+,25+,26+,27+,33+,34-/m1/s1. The number of nitrogens with one attached hydrogen (secondary N) is 2. The van der Waals surface area contributed by atoms with Gasteiger partial charge >= 0.3 is 11.9 Å². The Kier molecular flexibility index (Phi) is 12.4. The molecule has 0 radical (unpaired) electrons. The number of aliphatic hydroxyl groups is 2. The highest BCUT2D eigenvalue weighted by Gasteiger charge is 2.63. The topological polar surface area (TPSA) is 216 Å². The van der Waals surface area contributed by atoms with E-state index in [4.69, 9.17) is 15.9 Å². The molecule has 4 fully saturated rings. The molecule has 0 aromatic rings. The molecular formula is C34H55N3O9S. The smallest absolute Gasteiger partial charge is 0.322 e. The van der Waals surface area contributed by atoms with E-state index in [1.807, 2.05) is 0 Å². The molecule has 12 atom stereocenters. The molecule has 266 valence electrons. The lowest BCUT2D eigenvalue weighted by atomic mass is 9.43. The molecule has 4 saturated carbocycles. The van der Waals surface area contributed by atoms with Gasteiger partial charge in [-0.15, -0.1) is 0 Å². The molecule has 8 N–H and O–H groups in total. The maximum absolute atomic E-state index is 13.0. The van der Waals surface area contributed by atoms with Crippen LogP contribution in [0.15, 0.2) is 0 Å². The summed E-state index contributed by atoms with van der Waals surface area (Å²) in [6.45, 7) is 6.20. The first-order valence-electron chi connectivity index (χ1n) is 17.4.